The van der Waals surface area contributed by atoms with Crippen LogP contribution in [-0.2, 0) is 0 Å². The van der Waals surface area contributed by atoms with Gasteiger partial charge in [0.25, 0.3) is 0 Å². The highest BCUT2D eigenvalue weighted by molar-refractivity contribution is 5.88. The van der Waals surface area contributed by atoms with E-state index in [0.29, 0.717) is 11.6 Å². The summed E-state index contributed by atoms with van der Waals surface area (Å²) in [5.74, 6) is 1.08. The van der Waals surface area contributed by atoms with Crippen LogP contribution in [-0.4, -0.2) is 11.2 Å². The van der Waals surface area contributed by atoms with E-state index in [9.17, 15) is 4.79 Å². The molecule has 0 aliphatic heterocycles. The Morgan fingerprint density at radius 2 is 2.10 bits per heavy atom. The number of amides is 2. The van der Waals surface area contributed by atoms with Gasteiger partial charge in [-0.1, -0.05) is 48.8 Å². The number of rotatable bonds is 5. The second kappa shape index (κ2) is 6.75. The van der Waals surface area contributed by atoms with Gasteiger partial charge in [0.15, 0.2) is 5.82 Å². The molecule has 0 aliphatic carbocycles. The fourth-order valence-corrected chi connectivity index (χ4v) is 2.03. The zero-order valence-electron chi connectivity index (χ0n) is 11.7. The molecule has 2 rings (SSSR count). The number of hydrogen-bond donors (Lipinski definition) is 2. The minimum atomic E-state index is -0.277. The van der Waals surface area contributed by atoms with Gasteiger partial charge in [-0.2, -0.15) is 0 Å². The Hall–Kier alpha value is -2.30. The van der Waals surface area contributed by atoms with Gasteiger partial charge in [-0.15, -0.1) is 0 Å². The summed E-state index contributed by atoms with van der Waals surface area (Å²) in [4.78, 5) is 12.0. The molecular weight excluding hydrogens is 254 g/mol. The fourth-order valence-electron chi connectivity index (χ4n) is 2.03. The van der Waals surface area contributed by atoms with E-state index in [4.69, 9.17) is 4.52 Å². The predicted molar refractivity (Wildman–Crippen MR) is 77.5 cm³/mol. The van der Waals surface area contributed by atoms with E-state index >= 15 is 0 Å². The molecule has 20 heavy (non-hydrogen) atoms. The SMILES string of the molecule is CCC[C@H](NC(=O)Nc1cc(C)on1)c1ccccc1. The van der Waals surface area contributed by atoms with Gasteiger partial charge in [0, 0.05) is 6.07 Å². The Morgan fingerprint density at radius 3 is 2.70 bits per heavy atom. The molecule has 1 aromatic heterocycles. The molecule has 2 aromatic rings. The molecule has 0 fully saturated rings. The van der Waals surface area contributed by atoms with Crippen molar-refractivity contribution >= 4 is 11.8 Å². The van der Waals surface area contributed by atoms with Crippen molar-refractivity contribution in [1.29, 1.82) is 0 Å². The smallest absolute Gasteiger partial charge is 0.320 e. The molecule has 1 aromatic carbocycles. The number of hydrogen-bond acceptors (Lipinski definition) is 3. The van der Waals surface area contributed by atoms with Crippen molar-refractivity contribution in [3.05, 3.63) is 47.7 Å². The number of aromatic nitrogens is 1. The molecule has 1 heterocycles. The summed E-state index contributed by atoms with van der Waals surface area (Å²) in [7, 11) is 0. The van der Waals surface area contributed by atoms with E-state index in [2.05, 4.69) is 22.7 Å². The molecule has 0 spiro atoms. The summed E-state index contributed by atoms with van der Waals surface area (Å²) >= 11 is 0. The first-order valence-electron chi connectivity index (χ1n) is 6.75. The first-order valence-corrected chi connectivity index (χ1v) is 6.75. The molecule has 2 N–H and O–H groups in total. The highest BCUT2D eigenvalue weighted by atomic mass is 16.5. The van der Waals surface area contributed by atoms with Crippen LogP contribution in [0.4, 0.5) is 10.6 Å². The maximum atomic E-state index is 12.0. The molecule has 0 unspecified atom stereocenters. The normalized spacial score (nSPS) is 11.9. The van der Waals surface area contributed by atoms with Gasteiger partial charge in [-0.05, 0) is 18.9 Å². The monoisotopic (exact) mass is 273 g/mol. The summed E-state index contributed by atoms with van der Waals surface area (Å²) in [6.07, 6.45) is 1.87. The number of nitrogens with zero attached hydrogens (tertiary/aromatic N) is 1. The third-order valence-corrected chi connectivity index (χ3v) is 2.95. The zero-order valence-corrected chi connectivity index (χ0v) is 11.7. The van der Waals surface area contributed by atoms with Gasteiger partial charge in [0.2, 0.25) is 0 Å². The third-order valence-electron chi connectivity index (χ3n) is 2.95. The second-order valence-corrected chi connectivity index (χ2v) is 4.67. The van der Waals surface area contributed by atoms with E-state index in [0.717, 1.165) is 18.4 Å². The van der Waals surface area contributed by atoms with Crippen molar-refractivity contribution < 1.29 is 9.32 Å². The standard InChI is InChI=1S/C15H19N3O2/c1-3-7-13(12-8-5-4-6-9-12)16-15(19)17-14-10-11(2)20-18-14/h4-6,8-10,13H,3,7H2,1-2H3,(H2,16,17,18,19)/t13-/m0/s1. The molecule has 5 nitrogen and oxygen atoms in total. The quantitative estimate of drug-likeness (QED) is 0.873. The van der Waals surface area contributed by atoms with Gasteiger partial charge in [-0.3, -0.25) is 5.32 Å². The van der Waals surface area contributed by atoms with E-state index in [-0.39, 0.29) is 12.1 Å². The van der Waals surface area contributed by atoms with Crippen LogP contribution in [0.5, 0.6) is 0 Å². The molecule has 106 valence electrons. The van der Waals surface area contributed by atoms with Crippen LogP contribution in [0.1, 0.15) is 37.1 Å². The second-order valence-electron chi connectivity index (χ2n) is 4.67. The molecule has 2 amide bonds. The van der Waals surface area contributed by atoms with Crippen LogP contribution in [0.3, 0.4) is 0 Å². The molecule has 0 aliphatic rings. The first kappa shape index (κ1) is 14.1. The van der Waals surface area contributed by atoms with Crippen molar-refractivity contribution in [2.75, 3.05) is 5.32 Å². The minimum Gasteiger partial charge on any atom is -0.360 e. The Labute approximate surface area is 118 Å². The van der Waals surface area contributed by atoms with E-state index in [1.807, 2.05) is 30.3 Å². The number of benzene rings is 1. The van der Waals surface area contributed by atoms with E-state index in [1.54, 1.807) is 13.0 Å². The molecule has 0 bridgehead atoms. The molecule has 1 atom stereocenters. The molecule has 0 saturated heterocycles. The largest absolute Gasteiger partial charge is 0.360 e. The highest BCUT2D eigenvalue weighted by Gasteiger charge is 2.14. The van der Waals surface area contributed by atoms with Gasteiger partial charge >= 0.3 is 6.03 Å². The average Bonchev–Trinajstić information content (AvgIpc) is 2.84. The van der Waals surface area contributed by atoms with Crippen molar-refractivity contribution in [3.8, 4) is 0 Å². The van der Waals surface area contributed by atoms with Crippen molar-refractivity contribution in [3.63, 3.8) is 0 Å². The average molecular weight is 273 g/mol. The number of carbonyl (C=O) groups is 1. The summed E-state index contributed by atoms with van der Waals surface area (Å²) in [5, 5.41) is 9.36. The molecular formula is C15H19N3O2. The van der Waals surface area contributed by atoms with Crippen molar-refractivity contribution in [2.24, 2.45) is 0 Å². The zero-order chi connectivity index (χ0) is 14.4. The Bertz CT molecular complexity index is 551. The molecule has 5 heteroatoms. The lowest BCUT2D eigenvalue weighted by atomic mass is 10.0. The maximum Gasteiger partial charge on any atom is 0.320 e. The van der Waals surface area contributed by atoms with Crippen molar-refractivity contribution in [1.82, 2.24) is 10.5 Å². The van der Waals surface area contributed by atoms with Gasteiger partial charge < -0.3 is 9.84 Å². The number of carbonyl (C=O) groups excluding carboxylic acids is 1. The maximum absolute atomic E-state index is 12.0. The molecule has 0 radical (unpaired) electrons. The third kappa shape index (κ3) is 3.85. The summed E-state index contributed by atoms with van der Waals surface area (Å²) in [6, 6.07) is 11.3. The lowest BCUT2D eigenvalue weighted by Gasteiger charge is -2.18. The van der Waals surface area contributed by atoms with Crippen LogP contribution >= 0.6 is 0 Å². The number of anilines is 1. The van der Waals surface area contributed by atoms with Gasteiger partial charge in [0.1, 0.15) is 5.76 Å². The Morgan fingerprint density at radius 1 is 1.35 bits per heavy atom. The molecule has 0 saturated carbocycles. The summed E-state index contributed by atoms with van der Waals surface area (Å²) < 4.78 is 4.91. The lowest BCUT2D eigenvalue weighted by molar-refractivity contribution is 0.247. The van der Waals surface area contributed by atoms with Crippen LogP contribution in [0.2, 0.25) is 0 Å². The fraction of sp³-hybridized carbons (Fsp3) is 0.333. The highest BCUT2D eigenvalue weighted by Crippen LogP contribution is 2.18. The summed E-state index contributed by atoms with van der Waals surface area (Å²) in [6.45, 7) is 3.87. The van der Waals surface area contributed by atoms with E-state index in [1.165, 1.54) is 0 Å². The Balaban J connectivity index is 1.99. The van der Waals surface area contributed by atoms with Crippen LogP contribution < -0.4 is 10.6 Å². The lowest BCUT2D eigenvalue weighted by Crippen LogP contribution is -2.32. The minimum absolute atomic E-state index is 0.00537. The predicted octanol–water partition coefficient (Wildman–Crippen LogP) is 3.65. The van der Waals surface area contributed by atoms with Crippen molar-refractivity contribution in [2.45, 2.75) is 32.7 Å². The van der Waals surface area contributed by atoms with Crippen LogP contribution in [0, 0.1) is 6.92 Å². The van der Waals surface area contributed by atoms with Gasteiger partial charge in [0.05, 0.1) is 6.04 Å². The van der Waals surface area contributed by atoms with Crippen LogP contribution in [0.15, 0.2) is 40.9 Å². The van der Waals surface area contributed by atoms with Gasteiger partial charge in [-0.25, -0.2) is 4.79 Å². The number of nitrogens with one attached hydrogen (secondary N) is 2. The van der Waals surface area contributed by atoms with E-state index < -0.39 is 0 Å². The topological polar surface area (TPSA) is 67.2 Å². The first-order chi connectivity index (χ1) is 9.69. The number of urea groups is 1. The Kier molecular flexibility index (Phi) is 4.76. The van der Waals surface area contributed by atoms with Crippen LogP contribution in [0.25, 0.3) is 0 Å². The summed E-state index contributed by atoms with van der Waals surface area (Å²) in [5.41, 5.74) is 1.10. The number of aryl methyl sites for hydroxylation is 1.